The van der Waals surface area contributed by atoms with E-state index in [0.29, 0.717) is 15.9 Å². The Balaban J connectivity index is 1.83. The first kappa shape index (κ1) is 17.7. The fourth-order valence-electron chi connectivity index (χ4n) is 1.83. The number of hydrazine groups is 1. The second-order valence-electron chi connectivity index (χ2n) is 4.71. The number of hydrogen-bond donors (Lipinski definition) is 3. The Morgan fingerprint density at radius 3 is 2.67 bits per heavy atom. The van der Waals surface area contributed by atoms with Gasteiger partial charge in [0.15, 0.2) is 0 Å². The average molecular weight is 396 g/mol. The topological polar surface area (TPSA) is 79.5 Å². The van der Waals surface area contributed by atoms with Gasteiger partial charge in [-0.2, -0.15) is 0 Å². The van der Waals surface area contributed by atoms with Crippen LogP contribution in [0.2, 0.25) is 0 Å². The van der Waals surface area contributed by atoms with Gasteiger partial charge in [0.1, 0.15) is 11.6 Å². The Kier molecular flexibility index (Phi) is 6.14. The van der Waals surface area contributed by atoms with Crippen LogP contribution in [0.5, 0.6) is 5.75 Å². The maximum atomic E-state index is 13.6. The van der Waals surface area contributed by atoms with E-state index in [0.717, 1.165) is 0 Å². The Labute approximate surface area is 146 Å². The lowest BCUT2D eigenvalue weighted by Crippen LogP contribution is -2.44. The van der Waals surface area contributed by atoms with E-state index < -0.39 is 17.6 Å². The third kappa shape index (κ3) is 4.95. The highest BCUT2D eigenvalue weighted by atomic mass is 79.9. The molecule has 24 heavy (non-hydrogen) atoms. The number of amides is 2. The predicted octanol–water partition coefficient (Wildman–Crippen LogP) is 2.47. The molecular formula is C16H15BrFN3O3. The van der Waals surface area contributed by atoms with Gasteiger partial charge in [-0.15, -0.1) is 0 Å². The number of carbonyl (C=O) groups is 2. The van der Waals surface area contributed by atoms with Crippen molar-refractivity contribution in [2.75, 3.05) is 19.0 Å². The molecule has 0 saturated heterocycles. The third-order valence-corrected chi connectivity index (χ3v) is 3.51. The van der Waals surface area contributed by atoms with Crippen molar-refractivity contribution in [2.45, 2.75) is 0 Å². The maximum absolute atomic E-state index is 13.6. The molecule has 0 radical (unpaired) electrons. The van der Waals surface area contributed by atoms with Gasteiger partial charge in [-0.05, 0) is 30.3 Å². The van der Waals surface area contributed by atoms with Crippen molar-refractivity contribution in [3.8, 4) is 5.75 Å². The van der Waals surface area contributed by atoms with Crippen molar-refractivity contribution in [3.63, 3.8) is 0 Å². The minimum Gasteiger partial charge on any atom is -0.497 e. The van der Waals surface area contributed by atoms with E-state index in [9.17, 15) is 14.0 Å². The molecule has 0 aliphatic heterocycles. The standard InChI is InChI=1S/C16H15BrFN3O3/c1-24-12-4-2-3-11(8-12)19-9-15(22)20-21-16(23)13-6-5-10(17)7-14(13)18/h2-8,19H,9H2,1H3,(H,20,22)(H,21,23). The van der Waals surface area contributed by atoms with Gasteiger partial charge in [-0.3, -0.25) is 20.4 Å². The monoisotopic (exact) mass is 395 g/mol. The molecule has 0 spiro atoms. The van der Waals surface area contributed by atoms with Crippen LogP contribution in [-0.2, 0) is 4.79 Å². The Morgan fingerprint density at radius 2 is 1.96 bits per heavy atom. The molecule has 0 unspecified atom stereocenters. The molecule has 0 atom stereocenters. The zero-order valence-corrected chi connectivity index (χ0v) is 14.3. The van der Waals surface area contributed by atoms with Crippen LogP contribution in [0.25, 0.3) is 0 Å². The van der Waals surface area contributed by atoms with Gasteiger partial charge in [0.2, 0.25) is 0 Å². The van der Waals surface area contributed by atoms with Gasteiger partial charge in [0, 0.05) is 16.2 Å². The summed E-state index contributed by atoms with van der Waals surface area (Å²) in [5.41, 5.74) is 4.89. The highest BCUT2D eigenvalue weighted by Crippen LogP contribution is 2.16. The molecule has 2 rings (SSSR count). The molecule has 8 heteroatoms. The number of anilines is 1. The number of methoxy groups -OCH3 is 1. The number of hydrogen-bond acceptors (Lipinski definition) is 4. The first-order valence-corrected chi connectivity index (χ1v) is 7.71. The first-order valence-electron chi connectivity index (χ1n) is 6.92. The zero-order valence-electron chi connectivity index (χ0n) is 12.7. The highest BCUT2D eigenvalue weighted by Gasteiger charge is 2.12. The average Bonchev–Trinajstić information content (AvgIpc) is 2.58. The SMILES string of the molecule is COc1cccc(NCC(=O)NNC(=O)c2ccc(Br)cc2F)c1. The van der Waals surface area contributed by atoms with E-state index in [2.05, 4.69) is 32.1 Å². The second-order valence-corrected chi connectivity index (χ2v) is 5.63. The smallest absolute Gasteiger partial charge is 0.272 e. The minimum absolute atomic E-state index is 0.0731. The van der Waals surface area contributed by atoms with Crippen LogP contribution < -0.4 is 20.9 Å². The van der Waals surface area contributed by atoms with Crippen LogP contribution in [0.1, 0.15) is 10.4 Å². The summed E-state index contributed by atoms with van der Waals surface area (Å²) in [4.78, 5) is 23.5. The molecule has 2 aromatic rings. The van der Waals surface area contributed by atoms with Gasteiger partial charge < -0.3 is 10.1 Å². The quantitative estimate of drug-likeness (QED) is 0.679. The fourth-order valence-corrected chi connectivity index (χ4v) is 2.16. The second kappa shape index (κ2) is 8.30. The van der Waals surface area contributed by atoms with E-state index in [1.807, 2.05) is 0 Å². The molecule has 3 N–H and O–H groups in total. The summed E-state index contributed by atoms with van der Waals surface area (Å²) in [5, 5.41) is 2.88. The van der Waals surface area contributed by atoms with Crippen LogP contribution in [0.4, 0.5) is 10.1 Å². The summed E-state index contributed by atoms with van der Waals surface area (Å²) in [6.07, 6.45) is 0. The number of halogens is 2. The summed E-state index contributed by atoms with van der Waals surface area (Å²) in [6.45, 7) is -0.0731. The molecule has 2 amide bonds. The largest absolute Gasteiger partial charge is 0.497 e. The maximum Gasteiger partial charge on any atom is 0.272 e. The van der Waals surface area contributed by atoms with Crippen molar-refractivity contribution in [1.82, 2.24) is 10.9 Å². The summed E-state index contributed by atoms with van der Waals surface area (Å²) in [5.74, 6) is -1.26. The Hall–Kier alpha value is -2.61. The van der Waals surface area contributed by atoms with Crippen LogP contribution in [0.3, 0.4) is 0 Å². The van der Waals surface area contributed by atoms with Gasteiger partial charge in [-0.25, -0.2) is 4.39 Å². The summed E-state index contributed by atoms with van der Waals surface area (Å²) < 4.78 is 19.2. The molecule has 0 heterocycles. The zero-order chi connectivity index (χ0) is 17.5. The van der Waals surface area contributed by atoms with Gasteiger partial charge in [0.25, 0.3) is 11.8 Å². The van der Waals surface area contributed by atoms with Crippen LogP contribution in [0, 0.1) is 5.82 Å². The minimum atomic E-state index is -0.741. The van der Waals surface area contributed by atoms with E-state index in [1.165, 1.54) is 18.2 Å². The van der Waals surface area contributed by atoms with Crippen molar-refractivity contribution in [2.24, 2.45) is 0 Å². The van der Waals surface area contributed by atoms with Crippen LogP contribution >= 0.6 is 15.9 Å². The number of nitrogens with one attached hydrogen (secondary N) is 3. The predicted molar refractivity (Wildman–Crippen MR) is 91.2 cm³/mol. The molecule has 0 aliphatic carbocycles. The van der Waals surface area contributed by atoms with Crippen molar-refractivity contribution in [3.05, 3.63) is 58.3 Å². The number of benzene rings is 2. The lowest BCUT2D eigenvalue weighted by atomic mass is 10.2. The van der Waals surface area contributed by atoms with Crippen molar-refractivity contribution >= 4 is 33.4 Å². The van der Waals surface area contributed by atoms with Crippen LogP contribution in [0.15, 0.2) is 46.9 Å². The summed E-state index contributed by atoms with van der Waals surface area (Å²) >= 11 is 3.10. The molecule has 0 bridgehead atoms. The number of rotatable bonds is 5. The summed E-state index contributed by atoms with van der Waals surface area (Å²) in [6, 6.07) is 11.1. The Bertz CT molecular complexity index is 755. The number of ether oxygens (including phenoxy) is 1. The highest BCUT2D eigenvalue weighted by molar-refractivity contribution is 9.10. The van der Waals surface area contributed by atoms with Gasteiger partial charge in [0.05, 0.1) is 19.2 Å². The molecule has 0 fully saturated rings. The Morgan fingerprint density at radius 1 is 1.17 bits per heavy atom. The van der Waals surface area contributed by atoms with E-state index in [1.54, 1.807) is 31.4 Å². The normalized spacial score (nSPS) is 9.96. The number of carbonyl (C=O) groups excluding carboxylic acids is 2. The van der Waals surface area contributed by atoms with E-state index in [-0.39, 0.29) is 12.1 Å². The van der Waals surface area contributed by atoms with E-state index in [4.69, 9.17) is 4.74 Å². The third-order valence-electron chi connectivity index (χ3n) is 3.01. The lowest BCUT2D eigenvalue weighted by molar-refractivity contribution is -0.120. The first-order chi connectivity index (χ1) is 11.5. The molecule has 0 saturated carbocycles. The molecule has 0 aromatic heterocycles. The van der Waals surface area contributed by atoms with Crippen molar-refractivity contribution in [1.29, 1.82) is 0 Å². The molecule has 2 aromatic carbocycles. The molecular weight excluding hydrogens is 381 g/mol. The van der Waals surface area contributed by atoms with Crippen LogP contribution in [-0.4, -0.2) is 25.5 Å². The molecule has 126 valence electrons. The molecule has 0 aliphatic rings. The van der Waals surface area contributed by atoms with Gasteiger partial charge >= 0.3 is 0 Å². The van der Waals surface area contributed by atoms with Gasteiger partial charge in [-0.1, -0.05) is 22.0 Å². The fraction of sp³-hybridized carbons (Fsp3) is 0.125. The van der Waals surface area contributed by atoms with Crippen molar-refractivity contribution < 1.29 is 18.7 Å². The lowest BCUT2D eigenvalue weighted by Gasteiger charge is -2.10. The van der Waals surface area contributed by atoms with E-state index >= 15 is 0 Å². The molecule has 6 nitrogen and oxygen atoms in total. The summed E-state index contributed by atoms with van der Waals surface area (Å²) in [7, 11) is 1.54.